The topological polar surface area (TPSA) is 84.7 Å². The van der Waals surface area contributed by atoms with Gasteiger partial charge in [-0.25, -0.2) is 0 Å². The quantitative estimate of drug-likeness (QED) is 0.441. The normalized spacial score (nSPS) is 14.0. The lowest BCUT2D eigenvalue weighted by Crippen LogP contribution is -2.32. The maximum atomic E-state index is 9.20. The molecule has 2 atom stereocenters. The van der Waals surface area contributed by atoms with Crippen molar-refractivity contribution in [1.29, 1.82) is 0 Å². The van der Waals surface area contributed by atoms with Gasteiger partial charge in [0.2, 0.25) is 18.1 Å². The van der Waals surface area contributed by atoms with Crippen LogP contribution in [0.15, 0.2) is 41.4 Å². The highest BCUT2D eigenvalue weighted by molar-refractivity contribution is 9.10. The lowest BCUT2D eigenvalue weighted by molar-refractivity contribution is 0.0862. The van der Waals surface area contributed by atoms with Crippen LogP contribution in [-0.2, 0) is 8.85 Å². The number of hydrogen-bond acceptors (Lipinski definition) is 6. The van der Waals surface area contributed by atoms with Crippen LogP contribution < -0.4 is 5.46 Å². The molecule has 0 amide bonds. The minimum atomic E-state index is -1.49. The van der Waals surface area contributed by atoms with Crippen LogP contribution in [0.1, 0.15) is 64.9 Å². The first kappa shape index (κ1) is 31.1. The molecule has 6 nitrogen and oxygen atoms in total. The second-order valence-electron chi connectivity index (χ2n) is 10.9. The number of pyridine rings is 2. The van der Waals surface area contributed by atoms with Gasteiger partial charge in [-0.2, -0.15) is 0 Å². The van der Waals surface area contributed by atoms with Crippen molar-refractivity contribution in [3.05, 3.63) is 52.5 Å². The van der Waals surface area contributed by atoms with Crippen molar-refractivity contribution in [1.82, 2.24) is 9.97 Å². The zero-order chi connectivity index (χ0) is 26.3. The second kappa shape index (κ2) is 13.4. The lowest BCUT2D eigenvalue weighted by Gasteiger charge is -2.32. The van der Waals surface area contributed by atoms with Crippen molar-refractivity contribution in [2.75, 3.05) is 0 Å². The van der Waals surface area contributed by atoms with Gasteiger partial charge in [-0.05, 0) is 70.1 Å². The van der Waals surface area contributed by atoms with Gasteiger partial charge in [-0.1, -0.05) is 47.6 Å². The van der Waals surface area contributed by atoms with Crippen molar-refractivity contribution >= 4 is 46.6 Å². The summed E-state index contributed by atoms with van der Waals surface area (Å²) in [6.07, 6.45) is 6.90. The average Bonchev–Trinajstić information content (AvgIpc) is 2.69. The summed E-state index contributed by atoms with van der Waals surface area (Å²) < 4.78 is 13.1. The standard InChI is InChI=1S/C12H21BNO3Si.C12H19BrNOSi/c1-12(2,3)11(17-18(4)5)9-6-10(13(15)16)8-14-7-9;1-12(2,3)11(15-16(4)5)9-6-10(13)8-14-7-9/h6-8,11,15-16H,1-5H3;6-8,11H,1-5H3. The fourth-order valence-corrected chi connectivity index (χ4v) is 5.60. The molecule has 0 saturated carbocycles. The van der Waals surface area contributed by atoms with Crippen LogP contribution in [0.2, 0.25) is 26.2 Å². The summed E-state index contributed by atoms with van der Waals surface area (Å²) >= 11 is 3.45. The molecular formula is C24H40BBrN2O4Si2. The zero-order valence-corrected chi connectivity index (χ0v) is 25.8. The van der Waals surface area contributed by atoms with Crippen LogP contribution in [0.3, 0.4) is 0 Å². The molecule has 2 N–H and O–H groups in total. The van der Waals surface area contributed by atoms with Crippen molar-refractivity contribution < 1.29 is 18.9 Å². The van der Waals surface area contributed by atoms with Gasteiger partial charge < -0.3 is 18.9 Å². The molecule has 188 valence electrons. The van der Waals surface area contributed by atoms with E-state index in [1.807, 2.05) is 6.20 Å². The Kier molecular flexibility index (Phi) is 12.3. The van der Waals surface area contributed by atoms with Gasteiger partial charge in [0, 0.05) is 34.7 Å². The van der Waals surface area contributed by atoms with E-state index in [4.69, 9.17) is 8.85 Å². The van der Waals surface area contributed by atoms with E-state index in [0.29, 0.717) is 5.46 Å². The van der Waals surface area contributed by atoms with Gasteiger partial charge in [0.25, 0.3) is 0 Å². The minimum Gasteiger partial charge on any atom is -0.423 e. The molecule has 34 heavy (non-hydrogen) atoms. The summed E-state index contributed by atoms with van der Waals surface area (Å²) in [5, 5.41) is 18.4. The van der Waals surface area contributed by atoms with Gasteiger partial charge in [0.1, 0.15) is 0 Å². The van der Waals surface area contributed by atoms with Crippen LogP contribution >= 0.6 is 15.9 Å². The van der Waals surface area contributed by atoms with Crippen LogP contribution in [-0.4, -0.2) is 45.2 Å². The fourth-order valence-electron chi connectivity index (χ4n) is 3.29. The molecule has 2 aromatic heterocycles. The van der Waals surface area contributed by atoms with E-state index in [1.54, 1.807) is 18.5 Å². The summed E-state index contributed by atoms with van der Waals surface area (Å²) in [5.74, 6) is 0. The van der Waals surface area contributed by atoms with Crippen LogP contribution in [0.5, 0.6) is 0 Å². The Labute approximate surface area is 218 Å². The third-order valence-corrected chi connectivity index (χ3v) is 6.54. The van der Waals surface area contributed by atoms with Crippen LogP contribution in [0, 0.1) is 10.8 Å². The predicted octanol–water partition coefficient (Wildman–Crippen LogP) is 5.32. The Hall–Kier alpha value is -0.881. The molecule has 0 aromatic carbocycles. The molecule has 0 aliphatic carbocycles. The molecule has 0 saturated heterocycles. The van der Waals surface area contributed by atoms with Gasteiger partial charge >= 0.3 is 7.12 Å². The average molecular weight is 567 g/mol. The van der Waals surface area contributed by atoms with Gasteiger partial charge in [-0.15, -0.1) is 0 Å². The second-order valence-corrected chi connectivity index (χ2v) is 15.9. The van der Waals surface area contributed by atoms with E-state index in [-0.39, 0.29) is 23.0 Å². The molecule has 2 radical (unpaired) electrons. The Morgan fingerprint density at radius 1 is 0.765 bits per heavy atom. The number of rotatable bonds is 7. The smallest absolute Gasteiger partial charge is 0.423 e. The third-order valence-electron chi connectivity index (χ3n) is 4.69. The molecule has 0 fully saturated rings. The molecule has 0 spiro atoms. The third kappa shape index (κ3) is 10.8. The molecule has 2 heterocycles. The Morgan fingerprint density at radius 3 is 1.53 bits per heavy atom. The molecule has 2 aromatic rings. The van der Waals surface area contributed by atoms with Crippen molar-refractivity contribution in [2.24, 2.45) is 10.8 Å². The number of hydrogen-bond donors (Lipinski definition) is 2. The molecule has 0 aliphatic rings. The molecule has 0 bridgehead atoms. The monoisotopic (exact) mass is 566 g/mol. The summed E-state index contributed by atoms with van der Waals surface area (Å²) in [6, 6.07) is 3.84. The highest BCUT2D eigenvalue weighted by Crippen LogP contribution is 2.37. The van der Waals surface area contributed by atoms with E-state index in [9.17, 15) is 10.0 Å². The van der Waals surface area contributed by atoms with E-state index in [0.717, 1.165) is 15.6 Å². The highest BCUT2D eigenvalue weighted by Gasteiger charge is 2.30. The number of halogens is 1. The largest absolute Gasteiger partial charge is 0.490 e. The number of aromatic nitrogens is 2. The molecule has 2 unspecified atom stereocenters. The number of nitrogens with zero attached hydrogens (tertiary/aromatic N) is 2. The molecule has 10 heteroatoms. The summed E-state index contributed by atoms with van der Waals surface area (Å²) in [5.41, 5.74) is 2.45. The SMILES string of the molecule is C[Si](C)OC(c1cncc(B(O)O)c1)C(C)(C)C.C[Si](C)OC(c1cncc(Br)c1)C(C)(C)C. The van der Waals surface area contributed by atoms with E-state index in [1.165, 1.54) is 6.20 Å². The Balaban J connectivity index is 0.000000342. The first-order chi connectivity index (χ1) is 15.5. The van der Waals surface area contributed by atoms with E-state index >= 15 is 0 Å². The molecule has 2 rings (SSSR count). The van der Waals surface area contributed by atoms with E-state index < -0.39 is 25.2 Å². The zero-order valence-electron chi connectivity index (χ0n) is 22.2. The van der Waals surface area contributed by atoms with E-state index in [2.05, 4.69) is 99.7 Å². The Morgan fingerprint density at radius 2 is 1.18 bits per heavy atom. The van der Waals surface area contributed by atoms with Gasteiger partial charge in [0.15, 0.2) is 0 Å². The van der Waals surface area contributed by atoms with Gasteiger partial charge in [-0.3, -0.25) is 9.97 Å². The van der Waals surface area contributed by atoms with Crippen LogP contribution in [0.25, 0.3) is 0 Å². The summed E-state index contributed by atoms with van der Waals surface area (Å²) in [6.45, 7) is 21.4. The first-order valence-corrected chi connectivity index (χ1v) is 17.0. The Bertz CT molecular complexity index is 890. The van der Waals surface area contributed by atoms with Crippen molar-refractivity contribution in [3.63, 3.8) is 0 Å². The summed E-state index contributed by atoms with van der Waals surface area (Å²) in [7, 11) is -3.06. The first-order valence-electron chi connectivity index (χ1n) is 11.4. The van der Waals surface area contributed by atoms with Crippen molar-refractivity contribution in [2.45, 2.75) is 79.9 Å². The summed E-state index contributed by atoms with van der Waals surface area (Å²) in [4.78, 5) is 8.27. The maximum Gasteiger partial charge on any atom is 0.490 e. The van der Waals surface area contributed by atoms with Gasteiger partial charge in [0.05, 0.1) is 12.2 Å². The van der Waals surface area contributed by atoms with Crippen LogP contribution in [0.4, 0.5) is 0 Å². The fraction of sp³-hybridized carbons (Fsp3) is 0.583. The minimum absolute atomic E-state index is 0.0668. The lowest BCUT2D eigenvalue weighted by atomic mass is 9.78. The molecule has 0 aliphatic heterocycles. The van der Waals surface area contributed by atoms with Crippen molar-refractivity contribution in [3.8, 4) is 0 Å². The predicted molar refractivity (Wildman–Crippen MR) is 148 cm³/mol. The maximum absolute atomic E-state index is 9.20. The highest BCUT2D eigenvalue weighted by atomic mass is 79.9. The molecular weight excluding hydrogens is 527 g/mol.